The molecule has 1 saturated heterocycles. The largest absolute Gasteiger partial charge is 0.343 e. The van der Waals surface area contributed by atoms with Crippen molar-refractivity contribution < 1.29 is 14.4 Å². The number of anilines is 1. The Morgan fingerprint density at radius 3 is 2.40 bits per heavy atom. The van der Waals surface area contributed by atoms with E-state index in [1.54, 1.807) is 11.8 Å². The average Bonchev–Trinajstić information content (AvgIpc) is 3.34. The topological polar surface area (TPSA) is 105 Å². The van der Waals surface area contributed by atoms with Crippen LogP contribution in [0.1, 0.15) is 25.3 Å². The van der Waals surface area contributed by atoms with Crippen molar-refractivity contribution in [1.29, 1.82) is 0 Å². The van der Waals surface area contributed by atoms with Crippen LogP contribution in [0.5, 0.6) is 0 Å². The van der Waals surface area contributed by atoms with E-state index in [1.165, 1.54) is 0 Å². The number of nitrogens with one attached hydrogen (secondary N) is 2. The molecule has 0 aliphatic carbocycles. The summed E-state index contributed by atoms with van der Waals surface area (Å²) >= 11 is 0. The molecule has 1 fully saturated rings. The molecule has 1 heterocycles. The Morgan fingerprint density at radius 1 is 1.00 bits per heavy atom. The monoisotopic (exact) mass is 494 g/mol. The molecule has 0 aromatic heterocycles. The fourth-order valence-corrected chi connectivity index (χ4v) is 4.35. The van der Waals surface area contributed by atoms with Gasteiger partial charge in [-0.05, 0) is 48.2 Å². The minimum Gasteiger partial charge on any atom is -0.343 e. The third kappa shape index (κ3) is 6.38. The number of fused-ring (bicyclic) bond motifs is 1. The molecule has 7 nitrogen and oxygen atoms in total. The highest BCUT2D eigenvalue weighted by Gasteiger charge is 2.38. The van der Waals surface area contributed by atoms with Gasteiger partial charge in [0.1, 0.15) is 12.1 Å². The number of amides is 3. The lowest BCUT2D eigenvalue weighted by Gasteiger charge is -2.29. The normalized spacial score (nSPS) is 16.7. The van der Waals surface area contributed by atoms with Gasteiger partial charge in [-0.15, -0.1) is 12.4 Å². The van der Waals surface area contributed by atoms with Gasteiger partial charge in [-0.1, -0.05) is 60.7 Å². The summed E-state index contributed by atoms with van der Waals surface area (Å²) in [5, 5.41) is 7.87. The van der Waals surface area contributed by atoms with Crippen molar-refractivity contribution in [3.05, 3.63) is 78.4 Å². The molecule has 4 rings (SSSR count). The number of halogens is 1. The van der Waals surface area contributed by atoms with Crippen LogP contribution in [0.15, 0.2) is 72.8 Å². The van der Waals surface area contributed by atoms with Gasteiger partial charge in [-0.25, -0.2) is 0 Å². The summed E-state index contributed by atoms with van der Waals surface area (Å²) in [6.45, 7) is 2.04. The van der Waals surface area contributed by atoms with E-state index in [-0.39, 0.29) is 24.2 Å². The van der Waals surface area contributed by atoms with E-state index in [0.717, 1.165) is 22.8 Å². The van der Waals surface area contributed by atoms with Crippen molar-refractivity contribution in [3.8, 4) is 0 Å². The lowest BCUT2D eigenvalue weighted by atomic mass is 10.0. The van der Waals surface area contributed by atoms with Crippen LogP contribution >= 0.6 is 12.4 Å². The van der Waals surface area contributed by atoms with E-state index >= 15 is 0 Å². The molecular weight excluding hydrogens is 464 g/mol. The molecular formula is C27H31ClN4O3. The highest BCUT2D eigenvalue weighted by molar-refractivity contribution is 6.00. The molecule has 0 bridgehead atoms. The van der Waals surface area contributed by atoms with Crippen LogP contribution in [0, 0.1) is 0 Å². The Labute approximate surface area is 211 Å². The number of nitrogens with two attached hydrogens (primary N) is 1. The number of benzene rings is 3. The molecule has 35 heavy (non-hydrogen) atoms. The first-order valence-electron chi connectivity index (χ1n) is 11.6. The number of carbonyl (C=O) groups excluding carboxylic acids is 3. The van der Waals surface area contributed by atoms with Crippen molar-refractivity contribution >= 4 is 46.6 Å². The van der Waals surface area contributed by atoms with Crippen LogP contribution in [0.3, 0.4) is 0 Å². The lowest BCUT2D eigenvalue weighted by Crippen LogP contribution is -2.55. The number of likely N-dealkylation sites (tertiary alicyclic amines) is 1. The number of carbonyl (C=O) groups is 3. The van der Waals surface area contributed by atoms with E-state index in [0.29, 0.717) is 25.1 Å². The predicted molar refractivity (Wildman–Crippen MR) is 140 cm³/mol. The fraction of sp³-hybridized carbons (Fsp3) is 0.296. The highest BCUT2D eigenvalue weighted by Crippen LogP contribution is 2.23. The molecule has 3 unspecified atom stereocenters. The molecule has 3 atom stereocenters. The SMILES string of the molecule is CC(N)C(=O)NC(Cc1ccccc1)C(=O)N1CCCC1C(=O)Nc1ccc2ccccc2c1.Cl. The molecule has 1 aliphatic heterocycles. The Balaban J connectivity index is 0.00000342. The molecule has 0 spiro atoms. The summed E-state index contributed by atoms with van der Waals surface area (Å²) in [5.41, 5.74) is 7.34. The van der Waals surface area contributed by atoms with E-state index in [1.807, 2.05) is 72.8 Å². The number of rotatable bonds is 7. The zero-order valence-electron chi connectivity index (χ0n) is 19.6. The standard InChI is InChI=1S/C27H30N4O3.ClH/c1-18(28)25(32)30-23(16-19-8-3-2-4-9-19)27(34)31-15-7-12-24(31)26(33)29-22-14-13-20-10-5-6-11-21(20)17-22;/h2-6,8-11,13-14,17-18,23-24H,7,12,15-16,28H2,1H3,(H,29,33)(H,30,32);1H. The van der Waals surface area contributed by atoms with Gasteiger partial charge in [0.15, 0.2) is 0 Å². The molecule has 8 heteroatoms. The molecule has 4 N–H and O–H groups in total. The zero-order chi connectivity index (χ0) is 24.1. The van der Waals surface area contributed by atoms with E-state index in [9.17, 15) is 14.4 Å². The molecule has 3 aromatic carbocycles. The minimum atomic E-state index is -0.796. The van der Waals surface area contributed by atoms with Crippen LogP contribution in [0.4, 0.5) is 5.69 Å². The summed E-state index contributed by atoms with van der Waals surface area (Å²) in [4.78, 5) is 40.6. The van der Waals surface area contributed by atoms with Gasteiger partial charge in [-0.2, -0.15) is 0 Å². The Bertz CT molecular complexity index is 1190. The molecule has 0 radical (unpaired) electrons. The van der Waals surface area contributed by atoms with Crippen molar-refractivity contribution in [2.75, 3.05) is 11.9 Å². The van der Waals surface area contributed by atoms with Gasteiger partial charge in [0.05, 0.1) is 6.04 Å². The van der Waals surface area contributed by atoms with E-state index < -0.39 is 24.0 Å². The first kappa shape index (κ1) is 26.2. The molecule has 1 aliphatic rings. The van der Waals surface area contributed by atoms with Crippen molar-refractivity contribution in [2.45, 2.75) is 44.3 Å². The number of hydrogen-bond acceptors (Lipinski definition) is 4. The second-order valence-electron chi connectivity index (χ2n) is 8.78. The van der Waals surface area contributed by atoms with Crippen LogP contribution in [-0.2, 0) is 20.8 Å². The summed E-state index contributed by atoms with van der Waals surface area (Å²) in [6, 6.07) is 21.0. The maximum Gasteiger partial charge on any atom is 0.247 e. The van der Waals surface area contributed by atoms with Gasteiger partial charge < -0.3 is 21.3 Å². The van der Waals surface area contributed by atoms with Crippen LogP contribution < -0.4 is 16.4 Å². The first-order valence-corrected chi connectivity index (χ1v) is 11.6. The van der Waals surface area contributed by atoms with Crippen molar-refractivity contribution in [1.82, 2.24) is 10.2 Å². The third-order valence-electron chi connectivity index (χ3n) is 6.17. The van der Waals surface area contributed by atoms with E-state index in [4.69, 9.17) is 5.73 Å². The second kappa shape index (κ2) is 11.8. The smallest absolute Gasteiger partial charge is 0.247 e. The summed E-state index contributed by atoms with van der Waals surface area (Å²) in [5.74, 6) is -0.891. The van der Waals surface area contributed by atoms with E-state index in [2.05, 4.69) is 10.6 Å². The molecule has 3 amide bonds. The molecule has 184 valence electrons. The lowest BCUT2D eigenvalue weighted by molar-refractivity contribution is -0.140. The molecule has 0 saturated carbocycles. The summed E-state index contributed by atoms with van der Waals surface area (Å²) in [7, 11) is 0. The Morgan fingerprint density at radius 2 is 1.69 bits per heavy atom. The maximum absolute atomic E-state index is 13.5. The maximum atomic E-state index is 13.5. The van der Waals surface area contributed by atoms with Crippen LogP contribution in [0.25, 0.3) is 10.8 Å². The first-order chi connectivity index (χ1) is 16.4. The summed E-state index contributed by atoms with van der Waals surface area (Å²) in [6.07, 6.45) is 1.62. The number of hydrogen-bond donors (Lipinski definition) is 3. The molecule has 3 aromatic rings. The minimum absolute atomic E-state index is 0. The van der Waals surface area contributed by atoms with Crippen molar-refractivity contribution in [3.63, 3.8) is 0 Å². The zero-order valence-corrected chi connectivity index (χ0v) is 20.5. The third-order valence-corrected chi connectivity index (χ3v) is 6.17. The van der Waals surface area contributed by atoms with Gasteiger partial charge in [-0.3, -0.25) is 14.4 Å². The van der Waals surface area contributed by atoms with Crippen LogP contribution in [-0.4, -0.2) is 47.3 Å². The summed E-state index contributed by atoms with van der Waals surface area (Å²) < 4.78 is 0. The highest BCUT2D eigenvalue weighted by atomic mass is 35.5. The van der Waals surface area contributed by atoms with Gasteiger partial charge in [0.25, 0.3) is 0 Å². The second-order valence-corrected chi connectivity index (χ2v) is 8.78. The van der Waals surface area contributed by atoms with Gasteiger partial charge in [0.2, 0.25) is 17.7 Å². The average molecular weight is 495 g/mol. The quantitative estimate of drug-likeness (QED) is 0.469. The van der Waals surface area contributed by atoms with Gasteiger partial charge >= 0.3 is 0 Å². The van der Waals surface area contributed by atoms with Crippen LogP contribution in [0.2, 0.25) is 0 Å². The van der Waals surface area contributed by atoms with Gasteiger partial charge in [0, 0.05) is 18.7 Å². The Hall–Kier alpha value is -3.42. The number of nitrogens with zero attached hydrogens (tertiary/aromatic N) is 1. The predicted octanol–water partition coefficient (Wildman–Crippen LogP) is 3.27. The fourth-order valence-electron chi connectivity index (χ4n) is 4.35. The Kier molecular flexibility index (Phi) is 8.84. The van der Waals surface area contributed by atoms with Crippen molar-refractivity contribution in [2.24, 2.45) is 5.73 Å².